The summed E-state index contributed by atoms with van der Waals surface area (Å²) < 4.78 is 9.87. The fraction of sp³-hybridized carbons (Fsp3) is 0.471. The maximum absolute atomic E-state index is 12.4. The maximum atomic E-state index is 12.4. The summed E-state index contributed by atoms with van der Waals surface area (Å²) in [4.78, 5) is 29.2. The fourth-order valence-corrected chi connectivity index (χ4v) is 3.85. The molecule has 0 aliphatic carbocycles. The summed E-state index contributed by atoms with van der Waals surface area (Å²) in [5.74, 6) is -2.81. The third-order valence-corrected chi connectivity index (χ3v) is 4.94. The normalized spacial score (nSPS) is 26.5. The van der Waals surface area contributed by atoms with Crippen LogP contribution in [0.3, 0.4) is 0 Å². The van der Waals surface area contributed by atoms with Crippen molar-refractivity contribution in [1.29, 1.82) is 0 Å². The highest BCUT2D eigenvalue weighted by molar-refractivity contribution is 6.35. The van der Waals surface area contributed by atoms with Crippen LogP contribution < -0.4 is 0 Å². The molecule has 4 atom stereocenters. The van der Waals surface area contributed by atoms with E-state index in [2.05, 4.69) is 4.99 Å². The lowest BCUT2D eigenvalue weighted by Crippen LogP contribution is -2.45. The van der Waals surface area contributed by atoms with Crippen molar-refractivity contribution in [2.75, 3.05) is 14.2 Å². The van der Waals surface area contributed by atoms with E-state index in [1.54, 1.807) is 25.1 Å². The minimum absolute atomic E-state index is 0.352. The Morgan fingerprint density at radius 1 is 1.12 bits per heavy atom. The molecule has 5 nitrogen and oxygen atoms in total. The number of hydrogen-bond donors (Lipinski definition) is 0. The van der Waals surface area contributed by atoms with Gasteiger partial charge in [0.05, 0.1) is 26.2 Å². The summed E-state index contributed by atoms with van der Waals surface area (Å²) in [5, 5.41) is 0.861. The van der Waals surface area contributed by atoms with Crippen molar-refractivity contribution < 1.29 is 19.1 Å². The van der Waals surface area contributed by atoms with Crippen LogP contribution in [0.15, 0.2) is 23.2 Å². The van der Waals surface area contributed by atoms with Gasteiger partial charge in [-0.15, -0.1) is 0 Å². The van der Waals surface area contributed by atoms with Crippen molar-refractivity contribution >= 4 is 40.9 Å². The monoisotopic (exact) mass is 371 g/mol. The zero-order valence-corrected chi connectivity index (χ0v) is 15.4. The number of methoxy groups -OCH3 is 2. The number of hydrogen-bond acceptors (Lipinski definition) is 5. The number of esters is 2. The highest BCUT2D eigenvalue weighted by Crippen LogP contribution is 2.43. The second-order valence-corrected chi connectivity index (χ2v) is 6.60. The van der Waals surface area contributed by atoms with Crippen LogP contribution in [0, 0.1) is 11.8 Å². The predicted octanol–water partition coefficient (Wildman–Crippen LogP) is 3.52. The van der Waals surface area contributed by atoms with Crippen LogP contribution in [-0.2, 0) is 19.1 Å². The Hall–Kier alpha value is -1.59. The van der Waals surface area contributed by atoms with E-state index in [0.717, 1.165) is 0 Å². The first-order chi connectivity index (χ1) is 11.3. The van der Waals surface area contributed by atoms with Crippen LogP contribution in [0.4, 0.5) is 0 Å². The van der Waals surface area contributed by atoms with Gasteiger partial charge in [-0.2, -0.15) is 0 Å². The smallest absolute Gasteiger partial charge is 0.315 e. The lowest BCUT2D eigenvalue weighted by atomic mass is 9.70. The molecule has 130 valence electrons. The minimum atomic E-state index is -0.714. The molecule has 2 rings (SSSR count). The number of carbonyl (C=O) groups excluding carboxylic acids is 2. The first-order valence-corrected chi connectivity index (χ1v) is 8.22. The Bertz CT molecular complexity index is 689. The number of carbonyl (C=O) groups is 2. The molecule has 7 heteroatoms. The van der Waals surface area contributed by atoms with Gasteiger partial charge in [0.15, 0.2) is 0 Å². The molecule has 1 aromatic rings. The third kappa shape index (κ3) is 3.42. The highest BCUT2D eigenvalue weighted by atomic mass is 35.5. The van der Waals surface area contributed by atoms with Gasteiger partial charge >= 0.3 is 11.9 Å². The Balaban J connectivity index is 2.66. The average molecular weight is 372 g/mol. The van der Waals surface area contributed by atoms with Crippen LogP contribution in [0.1, 0.15) is 25.3 Å². The molecule has 1 aromatic carbocycles. The van der Waals surface area contributed by atoms with E-state index in [-0.39, 0.29) is 6.04 Å². The molecule has 0 bridgehead atoms. The van der Waals surface area contributed by atoms with Gasteiger partial charge in [0, 0.05) is 21.7 Å². The first-order valence-electron chi connectivity index (χ1n) is 7.46. The number of halogens is 2. The molecule has 1 aliphatic heterocycles. The lowest BCUT2D eigenvalue weighted by Gasteiger charge is -2.37. The van der Waals surface area contributed by atoms with E-state index in [1.807, 2.05) is 6.92 Å². The van der Waals surface area contributed by atoms with Crippen LogP contribution >= 0.6 is 23.2 Å². The topological polar surface area (TPSA) is 65.0 Å². The van der Waals surface area contributed by atoms with Crippen LogP contribution in [0.2, 0.25) is 10.0 Å². The second-order valence-electron chi connectivity index (χ2n) is 5.75. The molecule has 24 heavy (non-hydrogen) atoms. The summed E-state index contributed by atoms with van der Waals surface area (Å²) in [5.41, 5.74) is 1.25. The molecule has 0 saturated heterocycles. The standard InChI is InChI=1S/C17H19Cl2NO4/c1-8-13(16(21)23-3)15(11-6-5-10(18)7-12(11)19)14(9(2)20-8)17(22)24-4/h5-8,13-15H,1-4H3. The van der Waals surface area contributed by atoms with Gasteiger partial charge < -0.3 is 9.47 Å². The van der Waals surface area contributed by atoms with Crippen molar-refractivity contribution in [3.63, 3.8) is 0 Å². The molecule has 4 unspecified atom stereocenters. The van der Waals surface area contributed by atoms with Gasteiger partial charge in [-0.05, 0) is 31.5 Å². The van der Waals surface area contributed by atoms with E-state index in [4.69, 9.17) is 32.7 Å². The maximum Gasteiger partial charge on any atom is 0.315 e. The molecule has 0 fully saturated rings. The summed E-state index contributed by atoms with van der Waals surface area (Å²) >= 11 is 12.3. The predicted molar refractivity (Wildman–Crippen MR) is 92.8 cm³/mol. The van der Waals surface area contributed by atoms with Gasteiger partial charge in [-0.3, -0.25) is 14.6 Å². The quantitative estimate of drug-likeness (QED) is 0.762. The Morgan fingerprint density at radius 3 is 2.29 bits per heavy atom. The van der Waals surface area contributed by atoms with E-state index in [9.17, 15) is 9.59 Å². The summed E-state index contributed by atoms with van der Waals surface area (Å²) in [7, 11) is 2.62. The molecule has 0 N–H and O–H groups in total. The lowest BCUT2D eigenvalue weighted by molar-refractivity contribution is -0.150. The Labute approximate surface area is 150 Å². The molecule has 1 aliphatic rings. The van der Waals surface area contributed by atoms with Crippen molar-refractivity contribution in [3.05, 3.63) is 33.8 Å². The number of aliphatic imine (C=N–C) groups is 1. The number of rotatable bonds is 3. The van der Waals surface area contributed by atoms with Gasteiger partial charge in [-0.1, -0.05) is 29.3 Å². The van der Waals surface area contributed by atoms with Gasteiger partial charge in [0.25, 0.3) is 0 Å². The first kappa shape index (κ1) is 18.7. The molecule has 0 saturated carbocycles. The van der Waals surface area contributed by atoms with E-state index in [0.29, 0.717) is 21.3 Å². The summed E-state index contributed by atoms with van der Waals surface area (Å²) in [6.45, 7) is 3.57. The molecule has 0 spiro atoms. The van der Waals surface area contributed by atoms with Crippen molar-refractivity contribution in [3.8, 4) is 0 Å². The van der Waals surface area contributed by atoms with E-state index >= 15 is 0 Å². The SMILES string of the molecule is COC(=O)C1C(C)=NC(C)C(C(=O)OC)C1c1ccc(Cl)cc1Cl. The summed E-state index contributed by atoms with van der Waals surface area (Å²) in [6.07, 6.45) is 0. The average Bonchev–Trinajstić information content (AvgIpc) is 2.53. The zero-order valence-electron chi connectivity index (χ0n) is 13.9. The third-order valence-electron chi connectivity index (χ3n) is 4.37. The van der Waals surface area contributed by atoms with Crippen LogP contribution in [0.5, 0.6) is 0 Å². The van der Waals surface area contributed by atoms with Crippen LogP contribution in [0.25, 0.3) is 0 Å². The molecule has 0 radical (unpaired) electrons. The van der Waals surface area contributed by atoms with Crippen molar-refractivity contribution in [2.24, 2.45) is 16.8 Å². The number of ether oxygens (including phenoxy) is 2. The van der Waals surface area contributed by atoms with Crippen molar-refractivity contribution in [2.45, 2.75) is 25.8 Å². The van der Waals surface area contributed by atoms with Gasteiger partial charge in [0.2, 0.25) is 0 Å². The van der Waals surface area contributed by atoms with Crippen LogP contribution in [-0.4, -0.2) is 37.9 Å². The molecule has 0 aromatic heterocycles. The van der Waals surface area contributed by atoms with E-state index in [1.165, 1.54) is 14.2 Å². The largest absolute Gasteiger partial charge is 0.469 e. The zero-order chi connectivity index (χ0) is 18.0. The Morgan fingerprint density at radius 2 is 1.75 bits per heavy atom. The van der Waals surface area contributed by atoms with Gasteiger partial charge in [-0.25, -0.2) is 0 Å². The van der Waals surface area contributed by atoms with E-state index < -0.39 is 29.7 Å². The van der Waals surface area contributed by atoms with Gasteiger partial charge in [0.1, 0.15) is 5.92 Å². The van der Waals surface area contributed by atoms with Crippen molar-refractivity contribution in [1.82, 2.24) is 0 Å². The molecular formula is C17H19Cl2NO4. The number of benzene rings is 1. The minimum Gasteiger partial charge on any atom is -0.469 e. The molecule has 1 heterocycles. The molecular weight excluding hydrogens is 353 g/mol. The highest BCUT2D eigenvalue weighted by Gasteiger charge is 2.48. The Kier molecular flexibility index (Phi) is 5.88. The fourth-order valence-electron chi connectivity index (χ4n) is 3.32. The second kappa shape index (κ2) is 7.53. The molecule has 0 amide bonds. The summed E-state index contributed by atoms with van der Waals surface area (Å²) in [6, 6.07) is 4.64. The number of nitrogens with zero attached hydrogens (tertiary/aromatic N) is 1.